The van der Waals surface area contributed by atoms with E-state index in [1.165, 1.54) is 6.92 Å². The SMILES string of the molecule is C#CCCC#COC(C)=O. The second kappa shape index (κ2) is 5.72. The van der Waals surface area contributed by atoms with Crippen molar-refractivity contribution in [2.24, 2.45) is 0 Å². The molecule has 0 saturated carbocycles. The fourth-order valence-corrected chi connectivity index (χ4v) is 0.294. The summed E-state index contributed by atoms with van der Waals surface area (Å²) in [6.45, 7) is 1.30. The van der Waals surface area contributed by atoms with E-state index in [1.807, 2.05) is 0 Å². The molecule has 52 valence electrons. The van der Waals surface area contributed by atoms with Gasteiger partial charge in [0.15, 0.2) is 0 Å². The van der Waals surface area contributed by atoms with E-state index in [1.54, 1.807) is 0 Å². The summed E-state index contributed by atoms with van der Waals surface area (Å²) in [4.78, 5) is 10.1. The Hall–Kier alpha value is -1.41. The van der Waals surface area contributed by atoms with Crippen LogP contribution in [-0.4, -0.2) is 5.97 Å². The first kappa shape index (κ1) is 8.59. The van der Waals surface area contributed by atoms with Crippen molar-refractivity contribution < 1.29 is 9.53 Å². The highest BCUT2D eigenvalue weighted by atomic mass is 16.5. The van der Waals surface area contributed by atoms with Crippen molar-refractivity contribution in [3.63, 3.8) is 0 Å². The lowest BCUT2D eigenvalue weighted by Gasteiger charge is -1.82. The van der Waals surface area contributed by atoms with Gasteiger partial charge in [-0.15, -0.1) is 12.3 Å². The molecule has 0 spiro atoms. The molecule has 2 heteroatoms. The number of hydrogen-bond donors (Lipinski definition) is 0. The third-order valence-electron chi connectivity index (χ3n) is 0.661. The van der Waals surface area contributed by atoms with Crippen molar-refractivity contribution in [2.75, 3.05) is 0 Å². The molecule has 0 aliphatic rings. The van der Waals surface area contributed by atoms with Crippen LogP contribution in [0.2, 0.25) is 0 Å². The van der Waals surface area contributed by atoms with Crippen LogP contribution in [0.1, 0.15) is 19.8 Å². The Kier molecular flexibility index (Phi) is 4.91. The van der Waals surface area contributed by atoms with E-state index >= 15 is 0 Å². The average molecular weight is 136 g/mol. The van der Waals surface area contributed by atoms with E-state index in [2.05, 4.69) is 22.7 Å². The third kappa shape index (κ3) is 6.59. The van der Waals surface area contributed by atoms with Crippen LogP contribution in [0.15, 0.2) is 0 Å². The Balaban J connectivity index is 3.34. The molecule has 0 saturated heterocycles. The third-order valence-corrected chi connectivity index (χ3v) is 0.661. The van der Waals surface area contributed by atoms with Crippen molar-refractivity contribution in [1.29, 1.82) is 0 Å². The van der Waals surface area contributed by atoms with Gasteiger partial charge in [0, 0.05) is 19.8 Å². The van der Waals surface area contributed by atoms with Gasteiger partial charge in [-0.05, 0) is 0 Å². The van der Waals surface area contributed by atoms with Gasteiger partial charge in [-0.25, -0.2) is 0 Å². The van der Waals surface area contributed by atoms with Crippen LogP contribution in [0, 0.1) is 24.4 Å². The highest BCUT2D eigenvalue weighted by molar-refractivity contribution is 5.67. The van der Waals surface area contributed by atoms with Gasteiger partial charge in [-0.2, -0.15) is 0 Å². The van der Waals surface area contributed by atoms with Gasteiger partial charge in [0.2, 0.25) is 0 Å². The number of terminal acetylenes is 1. The normalized spacial score (nSPS) is 6.80. The Labute approximate surface area is 60.6 Å². The molecule has 0 aromatic carbocycles. The molecule has 0 atom stereocenters. The van der Waals surface area contributed by atoms with E-state index in [0.29, 0.717) is 12.8 Å². The molecular weight excluding hydrogens is 128 g/mol. The van der Waals surface area contributed by atoms with Crippen molar-refractivity contribution >= 4 is 5.97 Å². The van der Waals surface area contributed by atoms with E-state index < -0.39 is 5.97 Å². The van der Waals surface area contributed by atoms with Crippen molar-refractivity contribution in [3.05, 3.63) is 0 Å². The van der Waals surface area contributed by atoms with Crippen LogP contribution in [-0.2, 0) is 9.53 Å². The molecular formula is C8H8O2. The predicted molar refractivity (Wildman–Crippen MR) is 37.6 cm³/mol. The number of unbranched alkanes of at least 4 members (excludes halogenated alkanes) is 1. The number of hydrogen-bond acceptors (Lipinski definition) is 2. The van der Waals surface area contributed by atoms with Gasteiger partial charge >= 0.3 is 5.97 Å². The summed E-state index contributed by atoms with van der Waals surface area (Å²) < 4.78 is 4.32. The second-order valence-corrected chi connectivity index (χ2v) is 1.58. The molecule has 0 N–H and O–H groups in total. The highest BCUT2D eigenvalue weighted by Crippen LogP contribution is 1.81. The maximum atomic E-state index is 10.1. The molecule has 0 fully saturated rings. The standard InChI is InChI=1S/C8H8O2/c1-3-4-5-6-7-10-8(2)9/h1H,4-5H2,2H3. The van der Waals surface area contributed by atoms with Gasteiger partial charge in [0.05, 0.1) is 0 Å². The zero-order valence-corrected chi connectivity index (χ0v) is 5.81. The monoisotopic (exact) mass is 136 g/mol. The Morgan fingerprint density at radius 2 is 2.30 bits per heavy atom. The zero-order chi connectivity index (χ0) is 7.82. The summed E-state index contributed by atoms with van der Waals surface area (Å²) in [7, 11) is 0. The molecule has 0 rings (SSSR count). The van der Waals surface area contributed by atoms with Gasteiger partial charge in [0.25, 0.3) is 0 Å². The fraction of sp³-hybridized carbons (Fsp3) is 0.375. The molecule has 0 aliphatic carbocycles. The predicted octanol–water partition coefficient (Wildman–Crippen LogP) is 0.924. The number of ether oxygens (including phenoxy) is 1. The molecule has 2 nitrogen and oxygen atoms in total. The Morgan fingerprint density at radius 3 is 2.80 bits per heavy atom. The summed E-state index contributed by atoms with van der Waals surface area (Å²) >= 11 is 0. The lowest BCUT2D eigenvalue weighted by molar-refractivity contribution is -0.134. The first-order valence-electron chi connectivity index (χ1n) is 2.86. The maximum Gasteiger partial charge on any atom is 0.316 e. The first-order valence-corrected chi connectivity index (χ1v) is 2.86. The quantitative estimate of drug-likeness (QED) is 0.304. The summed E-state index contributed by atoms with van der Waals surface area (Å²) in [6.07, 6.45) is 8.33. The number of esters is 1. The van der Waals surface area contributed by atoms with E-state index in [9.17, 15) is 4.79 Å². The molecule has 0 heterocycles. The van der Waals surface area contributed by atoms with E-state index in [4.69, 9.17) is 6.42 Å². The van der Waals surface area contributed by atoms with Crippen molar-refractivity contribution in [1.82, 2.24) is 0 Å². The summed E-state index contributed by atoms with van der Waals surface area (Å²) in [6, 6.07) is 0. The minimum atomic E-state index is -0.395. The summed E-state index contributed by atoms with van der Waals surface area (Å²) in [5.41, 5.74) is 0. The zero-order valence-electron chi connectivity index (χ0n) is 5.81. The second-order valence-electron chi connectivity index (χ2n) is 1.58. The summed E-state index contributed by atoms with van der Waals surface area (Å²) in [5, 5.41) is 0. The van der Waals surface area contributed by atoms with Crippen LogP contribution in [0.4, 0.5) is 0 Å². The fourth-order valence-electron chi connectivity index (χ4n) is 0.294. The molecule has 0 amide bonds. The Bertz CT molecular complexity index is 200. The van der Waals surface area contributed by atoms with Crippen LogP contribution in [0.3, 0.4) is 0 Å². The Morgan fingerprint density at radius 1 is 1.60 bits per heavy atom. The average Bonchev–Trinajstić information content (AvgIpc) is 1.87. The number of carbonyl (C=O) groups is 1. The van der Waals surface area contributed by atoms with Crippen LogP contribution >= 0.6 is 0 Å². The molecule has 0 aromatic heterocycles. The van der Waals surface area contributed by atoms with Gasteiger partial charge in [0.1, 0.15) is 6.11 Å². The topological polar surface area (TPSA) is 26.3 Å². The summed E-state index contributed by atoms with van der Waals surface area (Å²) in [5.74, 6) is 4.60. The van der Waals surface area contributed by atoms with Crippen molar-refractivity contribution in [2.45, 2.75) is 19.8 Å². The van der Waals surface area contributed by atoms with Crippen LogP contribution in [0.5, 0.6) is 0 Å². The smallest absolute Gasteiger partial charge is 0.316 e. The minimum absolute atomic E-state index is 0.395. The van der Waals surface area contributed by atoms with Crippen LogP contribution in [0.25, 0.3) is 0 Å². The molecule has 0 bridgehead atoms. The lowest BCUT2D eigenvalue weighted by Crippen LogP contribution is -1.89. The van der Waals surface area contributed by atoms with Crippen molar-refractivity contribution in [3.8, 4) is 24.4 Å². The largest absolute Gasteiger partial charge is 0.372 e. The molecule has 0 aliphatic heterocycles. The van der Waals surface area contributed by atoms with E-state index in [-0.39, 0.29) is 0 Å². The molecule has 0 aromatic rings. The minimum Gasteiger partial charge on any atom is -0.372 e. The molecule has 0 unspecified atom stereocenters. The first-order chi connectivity index (χ1) is 4.77. The van der Waals surface area contributed by atoms with Gasteiger partial charge < -0.3 is 4.74 Å². The number of rotatable bonds is 1. The molecule has 10 heavy (non-hydrogen) atoms. The molecule has 0 radical (unpaired) electrons. The lowest BCUT2D eigenvalue weighted by atomic mass is 10.3. The van der Waals surface area contributed by atoms with Gasteiger partial charge in [-0.1, -0.05) is 5.92 Å². The van der Waals surface area contributed by atoms with Gasteiger partial charge in [-0.3, -0.25) is 4.79 Å². The highest BCUT2D eigenvalue weighted by Gasteiger charge is 1.82. The van der Waals surface area contributed by atoms with Crippen LogP contribution < -0.4 is 0 Å². The number of carbonyl (C=O) groups excluding carboxylic acids is 1. The van der Waals surface area contributed by atoms with E-state index in [0.717, 1.165) is 0 Å². The maximum absolute atomic E-state index is 10.1.